The maximum absolute atomic E-state index is 11.7. The normalized spacial score (nSPS) is 18.9. The van der Waals surface area contributed by atoms with Crippen LogP contribution in [0.15, 0.2) is 22.7 Å². The number of halogens is 1. The summed E-state index contributed by atoms with van der Waals surface area (Å²) in [7, 11) is 1.78. The number of non-ortho nitro benzene ring substituents is 1. The van der Waals surface area contributed by atoms with E-state index in [4.69, 9.17) is 0 Å². The average Bonchev–Trinajstić information content (AvgIpc) is 2.68. The Hall–Kier alpha value is -1.47. The lowest BCUT2D eigenvalue weighted by Crippen LogP contribution is -2.36. The van der Waals surface area contributed by atoms with Gasteiger partial charge in [-0.2, -0.15) is 0 Å². The van der Waals surface area contributed by atoms with E-state index in [0.717, 1.165) is 18.5 Å². The maximum atomic E-state index is 11.7. The predicted octanol–water partition coefficient (Wildman–Crippen LogP) is 1.68. The van der Waals surface area contributed by atoms with Gasteiger partial charge in [0.15, 0.2) is 0 Å². The molecule has 0 bridgehead atoms. The molecule has 1 unspecified atom stereocenters. The Morgan fingerprint density at radius 1 is 1.58 bits per heavy atom. The van der Waals surface area contributed by atoms with Crippen LogP contribution in [0.3, 0.4) is 0 Å². The second-order valence-electron chi connectivity index (χ2n) is 4.51. The smallest absolute Gasteiger partial charge is 0.270 e. The first kappa shape index (κ1) is 14.0. The van der Waals surface area contributed by atoms with Gasteiger partial charge < -0.3 is 10.2 Å². The maximum Gasteiger partial charge on any atom is 0.270 e. The molecule has 0 aromatic heterocycles. The third-order valence-electron chi connectivity index (χ3n) is 3.21. The van der Waals surface area contributed by atoms with Crippen molar-refractivity contribution in [1.29, 1.82) is 0 Å². The van der Waals surface area contributed by atoms with E-state index >= 15 is 0 Å². The first-order chi connectivity index (χ1) is 8.99. The van der Waals surface area contributed by atoms with Gasteiger partial charge in [-0.1, -0.05) is 15.9 Å². The standard InChI is InChI=1S/C12H14BrN3O3/c1-15-5-4-11(12(15)17)14-7-8-2-3-9(16(18)19)6-10(8)13/h2-3,6,11,14H,4-5,7H2,1H3. The molecular weight excluding hydrogens is 314 g/mol. The zero-order valence-corrected chi connectivity index (χ0v) is 12.0. The van der Waals surface area contributed by atoms with Crippen molar-refractivity contribution in [2.45, 2.75) is 19.0 Å². The highest BCUT2D eigenvalue weighted by atomic mass is 79.9. The molecule has 0 radical (unpaired) electrons. The second kappa shape index (κ2) is 5.66. The number of rotatable bonds is 4. The highest BCUT2D eigenvalue weighted by Crippen LogP contribution is 2.23. The molecule has 0 spiro atoms. The van der Waals surface area contributed by atoms with Crippen molar-refractivity contribution < 1.29 is 9.72 Å². The van der Waals surface area contributed by atoms with Crippen molar-refractivity contribution in [3.05, 3.63) is 38.3 Å². The Kier molecular flexibility index (Phi) is 4.16. The van der Waals surface area contributed by atoms with E-state index in [2.05, 4.69) is 21.2 Å². The average molecular weight is 328 g/mol. The molecule has 0 aliphatic carbocycles. The van der Waals surface area contributed by atoms with Crippen LogP contribution in [0.25, 0.3) is 0 Å². The zero-order valence-electron chi connectivity index (χ0n) is 10.4. The molecular formula is C12H14BrN3O3. The summed E-state index contributed by atoms with van der Waals surface area (Å²) in [6.45, 7) is 1.26. The number of likely N-dealkylation sites (N-methyl/N-ethyl adjacent to an activating group) is 1. The van der Waals surface area contributed by atoms with Crippen molar-refractivity contribution in [1.82, 2.24) is 10.2 Å². The number of nitro benzene ring substituents is 1. The van der Waals surface area contributed by atoms with Crippen molar-refractivity contribution in [2.75, 3.05) is 13.6 Å². The minimum absolute atomic E-state index is 0.0484. The number of carbonyl (C=O) groups excluding carboxylic acids is 1. The molecule has 0 saturated carbocycles. The molecule has 19 heavy (non-hydrogen) atoms. The van der Waals surface area contributed by atoms with E-state index in [-0.39, 0.29) is 17.6 Å². The minimum Gasteiger partial charge on any atom is -0.344 e. The molecule has 7 heteroatoms. The van der Waals surface area contributed by atoms with E-state index in [9.17, 15) is 14.9 Å². The van der Waals surface area contributed by atoms with Gasteiger partial charge in [0.05, 0.1) is 11.0 Å². The van der Waals surface area contributed by atoms with Crippen molar-refractivity contribution in [3.8, 4) is 0 Å². The van der Waals surface area contributed by atoms with Crippen LogP contribution in [0, 0.1) is 10.1 Å². The van der Waals surface area contributed by atoms with Crippen LogP contribution in [-0.4, -0.2) is 35.4 Å². The second-order valence-corrected chi connectivity index (χ2v) is 5.37. The van der Waals surface area contributed by atoms with E-state index in [1.54, 1.807) is 18.0 Å². The largest absolute Gasteiger partial charge is 0.344 e. The summed E-state index contributed by atoms with van der Waals surface area (Å²) < 4.78 is 0.674. The van der Waals surface area contributed by atoms with E-state index in [1.165, 1.54) is 12.1 Å². The van der Waals surface area contributed by atoms with Crippen LogP contribution in [-0.2, 0) is 11.3 Å². The summed E-state index contributed by atoms with van der Waals surface area (Å²) in [6.07, 6.45) is 0.792. The Morgan fingerprint density at radius 2 is 2.32 bits per heavy atom. The van der Waals surface area contributed by atoms with Crippen molar-refractivity contribution >= 4 is 27.5 Å². The molecule has 1 N–H and O–H groups in total. The van der Waals surface area contributed by atoms with E-state index in [0.29, 0.717) is 11.0 Å². The van der Waals surface area contributed by atoms with Gasteiger partial charge in [-0.05, 0) is 18.1 Å². The number of benzene rings is 1. The third-order valence-corrected chi connectivity index (χ3v) is 3.95. The SMILES string of the molecule is CN1CCC(NCc2ccc([N+](=O)[O-])cc2Br)C1=O. The summed E-state index contributed by atoms with van der Waals surface area (Å²) >= 11 is 3.31. The van der Waals surface area contributed by atoms with Gasteiger partial charge in [0.2, 0.25) is 5.91 Å². The number of nitrogens with zero attached hydrogens (tertiary/aromatic N) is 2. The molecule has 1 heterocycles. The lowest BCUT2D eigenvalue weighted by molar-refractivity contribution is -0.384. The highest BCUT2D eigenvalue weighted by molar-refractivity contribution is 9.10. The molecule has 1 fully saturated rings. The van der Waals surface area contributed by atoms with Crippen molar-refractivity contribution in [3.63, 3.8) is 0 Å². The number of nitro groups is 1. The number of nitrogens with one attached hydrogen (secondary N) is 1. The number of hydrogen-bond acceptors (Lipinski definition) is 4. The van der Waals surface area contributed by atoms with Gasteiger partial charge in [-0.15, -0.1) is 0 Å². The fraction of sp³-hybridized carbons (Fsp3) is 0.417. The number of carbonyl (C=O) groups is 1. The van der Waals surface area contributed by atoms with Crippen LogP contribution in [0.2, 0.25) is 0 Å². The van der Waals surface area contributed by atoms with Crippen LogP contribution in [0.1, 0.15) is 12.0 Å². The molecule has 2 rings (SSSR count). The molecule has 1 aliphatic rings. The summed E-state index contributed by atoms with van der Waals surface area (Å²) in [6, 6.07) is 4.47. The van der Waals surface area contributed by atoms with Gasteiger partial charge in [0, 0.05) is 36.7 Å². The lowest BCUT2D eigenvalue weighted by Gasteiger charge is -2.12. The van der Waals surface area contributed by atoms with Gasteiger partial charge >= 0.3 is 0 Å². The number of hydrogen-bond donors (Lipinski definition) is 1. The van der Waals surface area contributed by atoms with Gasteiger partial charge in [-0.3, -0.25) is 14.9 Å². The summed E-state index contributed by atoms with van der Waals surface area (Å²) in [5.74, 6) is 0.0954. The zero-order chi connectivity index (χ0) is 14.0. The van der Waals surface area contributed by atoms with Crippen molar-refractivity contribution in [2.24, 2.45) is 0 Å². The predicted molar refractivity (Wildman–Crippen MR) is 73.7 cm³/mol. The van der Waals surface area contributed by atoms with Gasteiger partial charge in [-0.25, -0.2) is 0 Å². The van der Waals surface area contributed by atoms with Crippen LogP contribution in [0.4, 0.5) is 5.69 Å². The molecule has 1 amide bonds. The summed E-state index contributed by atoms with van der Waals surface area (Å²) in [5.41, 5.74) is 0.945. The third kappa shape index (κ3) is 3.10. The molecule has 1 saturated heterocycles. The number of amides is 1. The molecule has 6 nitrogen and oxygen atoms in total. The number of likely N-dealkylation sites (tertiary alicyclic amines) is 1. The fourth-order valence-corrected chi connectivity index (χ4v) is 2.55. The summed E-state index contributed by atoms with van der Waals surface area (Å²) in [5, 5.41) is 13.8. The monoisotopic (exact) mass is 327 g/mol. The van der Waals surface area contributed by atoms with E-state index in [1.807, 2.05) is 0 Å². The minimum atomic E-state index is -0.433. The summed E-state index contributed by atoms with van der Waals surface area (Å²) in [4.78, 5) is 23.6. The Balaban J connectivity index is 2.00. The molecule has 1 atom stereocenters. The van der Waals surface area contributed by atoms with Gasteiger partial charge in [0.1, 0.15) is 0 Å². The molecule has 1 aromatic rings. The molecule has 1 aromatic carbocycles. The molecule has 1 aliphatic heterocycles. The first-order valence-corrected chi connectivity index (χ1v) is 6.69. The van der Waals surface area contributed by atoms with Crippen LogP contribution >= 0.6 is 15.9 Å². The first-order valence-electron chi connectivity index (χ1n) is 5.90. The van der Waals surface area contributed by atoms with Crippen LogP contribution < -0.4 is 5.32 Å². The topological polar surface area (TPSA) is 75.5 Å². The lowest BCUT2D eigenvalue weighted by atomic mass is 10.2. The fourth-order valence-electron chi connectivity index (χ4n) is 2.04. The highest BCUT2D eigenvalue weighted by Gasteiger charge is 2.28. The quantitative estimate of drug-likeness (QED) is 0.674. The Bertz CT molecular complexity index is 521. The van der Waals surface area contributed by atoms with Gasteiger partial charge in [0.25, 0.3) is 5.69 Å². The Labute approximate surface area is 119 Å². The van der Waals surface area contributed by atoms with E-state index < -0.39 is 4.92 Å². The molecule has 102 valence electrons. The Morgan fingerprint density at radius 3 is 2.84 bits per heavy atom. The van der Waals surface area contributed by atoms with Crippen LogP contribution in [0.5, 0.6) is 0 Å².